The maximum Gasteiger partial charge on any atom is 0.407 e. The molecule has 0 aliphatic heterocycles. The molecule has 0 aliphatic rings. The molecule has 206 valence electrons. The molecule has 0 fully saturated rings. The quantitative estimate of drug-likeness (QED) is 0.382. The Kier molecular flexibility index (Phi) is 9.08. The van der Waals surface area contributed by atoms with Gasteiger partial charge in [0, 0.05) is 54.6 Å². The molecule has 1 aromatic carbocycles. The summed E-state index contributed by atoms with van der Waals surface area (Å²) in [6.45, 7) is 5.30. The van der Waals surface area contributed by atoms with Gasteiger partial charge in [-0.3, -0.25) is 14.0 Å². The van der Waals surface area contributed by atoms with Crippen LogP contribution in [0.4, 0.5) is 18.0 Å². The molecule has 13 heteroatoms. The summed E-state index contributed by atoms with van der Waals surface area (Å²) in [5, 5.41) is 5.62. The Balaban J connectivity index is 1.78. The van der Waals surface area contributed by atoms with E-state index < -0.39 is 35.8 Å². The fourth-order valence-corrected chi connectivity index (χ4v) is 3.72. The standard InChI is InChI=1S/C25H29ClF3N5O4/c1-24(2,3)38-23(37)31-11-10-30-20(35)13-17-14-33(12-4-9-25(27,28)29)22-32-19(15-34(22)21(17)36)16-5-7-18(26)8-6-16/h5-8,14-15H,4,9-13H2,1-3H3,(H,30,35)(H,31,37). The number of halogens is 4. The van der Waals surface area contributed by atoms with Crippen molar-refractivity contribution in [1.82, 2.24) is 24.6 Å². The maximum atomic E-state index is 13.2. The summed E-state index contributed by atoms with van der Waals surface area (Å²) in [5.41, 5.74) is 0.00506. The number of hydrogen-bond donors (Lipinski definition) is 2. The van der Waals surface area contributed by atoms with Crippen LogP contribution in [0.5, 0.6) is 0 Å². The number of alkyl halides is 3. The number of nitrogens with zero attached hydrogens (tertiary/aromatic N) is 3. The highest BCUT2D eigenvalue weighted by Crippen LogP contribution is 2.23. The number of aryl methyl sites for hydroxylation is 1. The van der Waals surface area contributed by atoms with Crippen LogP contribution in [-0.2, 0) is 22.5 Å². The van der Waals surface area contributed by atoms with E-state index in [1.54, 1.807) is 45.0 Å². The zero-order valence-electron chi connectivity index (χ0n) is 21.2. The van der Waals surface area contributed by atoms with Gasteiger partial charge in [-0.05, 0) is 39.3 Å². The monoisotopic (exact) mass is 555 g/mol. The van der Waals surface area contributed by atoms with Crippen LogP contribution in [-0.4, -0.2) is 50.8 Å². The number of alkyl carbamates (subject to hydrolysis) is 1. The van der Waals surface area contributed by atoms with Crippen molar-refractivity contribution in [3.63, 3.8) is 0 Å². The van der Waals surface area contributed by atoms with E-state index in [9.17, 15) is 27.6 Å². The minimum atomic E-state index is -4.32. The van der Waals surface area contributed by atoms with Crippen molar-refractivity contribution < 1.29 is 27.5 Å². The first-order chi connectivity index (χ1) is 17.7. The summed E-state index contributed by atoms with van der Waals surface area (Å²) in [6, 6.07) is 6.73. The number of benzene rings is 1. The Morgan fingerprint density at radius 3 is 2.34 bits per heavy atom. The highest BCUT2D eigenvalue weighted by atomic mass is 35.5. The summed E-state index contributed by atoms with van der Waals surface area (Å²) in [4.78, 5) is 41.8. The van der Waals surface area contributed by atoms with E-state index in [2.05, 4.69) is 15.6 Å². The Bertz CT molecular complexity index is 1340. The van der Waals surface area contributed by atoms with Gasteiger partial charge in [0.05, 0.1) is 12.1 Å². The third-order valence-corrected chi connectivity index (χ3v) is 5.47. The average molecular weight is 556 g/mol. The zero-order valence-corrected chi connectivity index (χ0v) is 21.9. The lowest BCUT2D eigenvalue weighted by molar-refractivity contribution is -0.135. The van der Waals surface area contributed by atoms with Crippen LogP contribution in [0.1, 0.15) is 39.2 Å². The molecule has 0 radical (unpaired) electrons. The molecule has 2 N–H and O–H groups in total. The van der Waals surface area contributed by atoms with Crippen LogP contribution in [0.3, 0.4) is 0 Å². The van der Waals surface area contributed by atoms with Crippen LogP contribution < -0.4 is 16.2 Å². The fourth-order valence-electron chi connectivity index (χ4n) is 3.59. The predicted octanol–water partition coefficient (Wildman–Crippen LogP) is 4.34. The first kappa shape index (κ1) is 29.0. The van der Waals surface area contributed by atoms with E-state index in [0.717, 1.165) is 0 Å². The molecular weight excluding hydrogens is 527 g/mol. The van der Waals surface area contributed by atoms with E-state index in [1.807, 2.05) is 0 Å². The topological polar surface area (TPSA) is 107 Å². The lowest BCUT2D eigenvalue weighted by atomic mass is 10.2. The van der Waals surface area contributed by atoms with Gasteiger partial charge in [0.1, 0.15) is 5.60 Å². The molecule has 0 bridgehead atoms. The molecule has 3 rings (SSSR count). The van der Waals surface area contributed by atoms with Gasteiger partial charge >= 0.3 is 12.3 Å². The van der Waals surface area contributed by atoms with Crippen molar-refractivity contribution in [1.29, 1.82) is 0 Å². The van der Waals surface area contributed by atoms with E-state index in [4.69, 9.17) is 16.3 Å². The number of nitrogens with one attached hydrogen (secondary N) is 2. The minimum Gasteiger partial charge on any atom is -0.444 e. The van der Waals surface area contributed by atoms with E-state index in [0.29, 0.717) is 16.3 Å². The van der Waals surface area contributed by atoms with Gasteiger partial charge in [-0.2, -0.15) is 13.2 Å². The smallest absolute Gasteiger partial charge is 0.407 e. The number of amides is 2. The molecule has 2 heterocycles. The number of fused-ring (bicyclic) bond motifs is 1. The number of rotatable bonds is 9. The number of carbonyl (C=O) groups is 2. The van der Waals surface area contributed by atoms with Gasteiger partial charge in [0.2, 0.25) is 11.7 Å². The number of imidazole rings is 1. The third-order valence-electron chi connectivity index (χ3n) is 5.22. The summed E-state index contributed by atoms with van der Waals surface area (Å²) in [6.07, 6.45) is -3.65. The van der Waals surface area contributed by atoms with Crippen molar-refractivity contribution in [2.24, 2.45) is 0 Å². The number of carbonyl (C=O) groups excluding carboxylic acids is 2. The van der Waals surface area contributed by atoms with Crippen LogP contribution in [0.15, 0.2) is 41.5 Å². The predicted molar refractivity (Wildman–Crippen MR) is 136 cm³/mol. The van der Waals surface area contributed by atoms with Crippen LogP contribution in [0.2, 0.25) is 5.02 Å². The summed E-state index contributed by atoms with van der Waals surface area (Å²) in [7, 11) is 0. The molecule has 0 unspecified atom stereocenters. The number of hydrogen-bond acceptors (Lipinski definition) is 5. The van der Waals surface area contributed by atoms with Crippen LogP contribution in [0, 0.1) is 0 Å². The van der Waals surface area contributed by atoms with Crippen molar-refractivity contribution in [2.45, 2.75) is 58.4 Å². The molecule has 0 spiro atoms. The summed E-state index contributed by atoms with van der Waals surface area (Å²) < 4.78 is 46.0. The Labute approximate surface area is 221 Å². The lowest BCUT2D eigenvalue weighted by Crippen LogP contribution is -2.38. The first-order valence-corrected chi connectivity index (χ1v) is 12.3. The van der Waals surface area contributed by atoms with E-state index in [-0.39, 0.29) is 43.8 Å². The van der Waals surface area contributed by atoms with Crippen molar-refractivity contribution >= 4 is 29.4 Å². The molecule has 0 atom stereocenters. The number of ether oxygens (including phenoxy) is 1. The zero-order chi connectivity index (χ0) is 28.1. The molecular formula is C25H29ClF3N5O4. The van der Waals surface area contributed by atoms with Crippen LogP contribution in [0.25, 0.3) is 17.0 Å². The summed E-state index contributed by atoms with van der Waals surface area (Å²) >= 11 is 5.94. The molecule has 3 aromatic rings. The SMILES string of the molecule is CC(C)(C)OC(=O)NCCNC(=O)Cc1cn(CCCC(F)(F)F)c2nc(-c3ccc(Cl)cc3)cn2c1=O. The second-order valence-corrected chi connectivity index (χ2v) is 10.1. The molecule has 0 aliphatic carbocycles. The van der Waals surface area contributed by atoms with E-state index in [1.165, 1.54) is 21.4 Å². The molecule has 2 aromatic heterocycles. The normalized spacial score (nSPS) is 12.0. The van der Waals surface area contributed by atoms with Crippen LogP contribution >= 0.6 is 11.6 Å². The number of aromatic nitrogens is 3. The highest BCUT2D eigenvalue weighted by Gasteiger charge is 2.26. The van der Waals surface area contributed by atoms with Crippen molar-refractivity contribution in [3.05, 3.63) is 57.6 Å². The molecule has 0 saturated heterocycles. The second-order valence-electron chi connectivity index (χ2n) is 9.63. The Hall–Kier alpha value is -3.54. The highest BCUT2D eigenvalue weighted by molar-refractivity contribution is 6.30. The van der Waals surface area contributed by atoms with Gasteiger partial charge in [0.25, 0.3) is 5.56 Å². The molecule has 0 saturated carbocycles. The molecule has 38 heavy (non-hydrogen) atoms. The van der Waals surface area contributed by atoms with Gasteiger partial charge in [0.15, 0.2) is 0 Å². The Morgan fingerprint density at radius 2 is 1.71 bits per heavy atom. The summed E-state index contributed by atoms with van der Waals surface area (Å²) in [5.74, 6) is -0.333. The van der Waals surface area contributed by atoms with Gasteiger partial charge in [-0.25, -0.2) is 9.78 Å². The fraction of sp³-hybridized carbons (Fsp3) is 0.440. The third kappa shape index (κ3) is 8.51. The largest absolute Gasteiger partial charge is 0.444 e. The van der Waals surface area contributed by atoms with E-state index >= 15 is 0 Å². The van der Waals surface area contributed by atoms with Gasteiger partial charge < -0.3 is 19.9 Å². The minimum absolute atomic E-state index is 0.0607. The lowest BCUT2D eigenvalue weighted by Gasteiger charge is -2.19. The maximum absolute atomic E-state index is 13.2. The van der Waals surface area contributed by atoms with Crippen molar-refractivity contribution in [3.8, 4) is 11.3 Å². The molecule has 9 nitrogen and oxygen atoms in total. The first-order valence-electron chi connectivity index (χ1n) is 11.9. The van der Waals surface area contributed by atoms with Gasteiger partial charge in [-0.15, -0.1) is 0 Å². The van der Waals surface area contributed by atoms with Crippen molar-refractivity contribution in [2.75, 3.05) is 13.1 Å². The van der Waals surface area contributed by atoms with Gasteiger partial charge in [-0.1, -0.05) is 23.7 Å². The molecule has 2 amide bonds. The second kappa shape index (κ2) is 11.9. The Morgan fingerprint density at radius 1 is 1.05 bits per heavy atom. The average Bonchev–Trinajstić information content (AvgIpc) is 3.24.